The average molecular weight is 272 g/mol. The molecule has 2 N–H and O–H groups in total. The van der Waals surface area contributed by atoms with E-state index >= 15 is 0 Å². The molecular weight excluding hydrogens is 254 g/mol. The summed E-state index contributed by atoms with van der Waals surface area (Å²) in [6, 6.07) is 4.82. The maximum absolute atomic E-state index is 14.0. The molecule has 18 heavy (non-hydrogen) atoms. The highest BCUT2D eigenvalue weighted by atomic mass is 31.2. The molecule has 0 bridgehead atoms. The predicted octanol–water partition coefficient (Wildman–Crippen LogP) is 2.79. The SMILES string of the molecule is Cc1cccc(P(=O)(O)O)c1C1CCCCC1F. The number of alkyl halides is 1. The summed E-state index contributed by atoms with van der Waals surface area (Å²) in [6.07, 6.45) is 1.93. The maximum Gasteiger partial charge on any atom is 0.356 e. The van der Waals surface area contributed by atoms with Gasteiger partial charge >= 0.3 is 7.60 Å². The fourth-order valence-corrected chi connectivity index (χ4v) is 3.75. The first-order chi connectivity index (χ1) is 8.41. The van der Waals surface area contributed by atoms with Crippen molar-refractivity contribution >= 4 is 12.9 Å². The summed E-state index contributed by atoms with van der Waals surface area (Å²) < 4.78 is 25.6. The standard InChI is InChI=1S/C13H18FO3P/c1-9-5-4-8-12(18(15,16)17)13(9)10-6-2-3-7-11(10)14/h4-5,8,10-11H,2-3,6-7H2,1H3,(H2,15,16,17). The Balaban J connectivity index is 2.51. The van der Waals surface area contributed by atoms with E-state index in [4.69, 9.17) is 0 Å². The molecular formula is C13H18FO3P. The van der Waals surface area contributed by atoms with Gasteiger partial charge in [-0.2, -0.15) is 0 Å². The lowest BCUT2D eigenvalue weighted by molar-refractivity contribution is 0.216. The van der Waals surface area contributed by atoms with E-state index < -0.39 is 13.8 Å². The van der Waals surface area contributed by atoms with Crippen molar-refractivity contribution < 1.29 is 18.7 Å². The summed E-state index contributed by atoms with van der Waals surface area (Å²) in [5, 5.41) is -0.00273. The monoisotopic (exact) mass is 272 g/mol. The van der Waals surface area contributed by atoms with E-state index in [1.807, 2.05) is 0 Å². The van der Waals surface area contributed by atoms with Crippen molar-refractivity contribution in [3.63, 3.8) is 0 Å². The predicted molar refractivity (Wildman–Crippen MR) is 69.0 cm³/mol. The Morgan fingerprint density at radius 3 is 2.56 bits per heavy atom. The largest absolute Gasteiger partial charge is 0.356 e. The van der Waals surface area contributed by atoms with Gasteiger partial charge in [0.05, 0.1) is 5.30 Å². The molecule has 0 aromatic heterocycles. The molecule has 0 aliphatic heterocycles. The van der Waals surface area contributed by atoms with Gasteiger partial charge in [0.25, 0.3) is 0 Å². The third-order valence-electron chi connectivity index (χ3n) is 3.67. The number of hydrogen-bond acceptors (Lipinski definition) is 1. The molecule has 1 aromatic rings. The minimum Gasteiger partial charge on any atom is -0.321 e. The summed E-state index contributed by atoms with van der Waals surface area (Å²) in [7, 11) is -4.34. The van der Waals surface area contributed by atoms with Crippen molar-refractivity contribution in [1.29, 1.82) is 0 Å². The van der Waals surface area contributed by atoms with Crippen LogP contribution in [0, 0.1) is 6.92 Å². The highest BCUT2D eigenvalue weighted by molar-refractivity contribution is 7.60. The van der Waals surface area contributed by atoms with E-state index in [0.717, 1.165) is 18.4 Å². The van der Waals surface area contributed by atoms with Crippen LogP contribution in [0.1, 0.15) is 42.7 Å². The molecule has 5 heteroatoms. The number of halogens is 1. The average Bonchev–Trinajstić information content (AvgIpc) is 2.29. The highest BCUT2D eigenvalue weighted by Gasteiger charge is 2.33. The summed E-state index contributed by atoms with van der Waals surface area (Å²) in [5.41, 5.74) is 1.29. The van der Waals surface area contributed by atoms with Crippen molar-refractivity contribution in [2.45, 2.75) is 44.7 Å². The molecule has 2 rings (SSSR count). The second-order valence-electron chi connectivity index (χ2n) is 4.96. The molecule has 0 radical (unpaired) electrons. The number of hydrogen-bond donors (Lipinski definition) is 2. The first-order valence-corrected chi connectivity index (χ1v) is 7.82. The Morgan fingerprint density at radius 2 is 1.94 bits per heavy atom. The van der Waals surface area contributed by atoms with Crippen LogP contribution in [0.3, 0.4) is 0 Å². The minimum absolute atomic E-state index is 0.00273. The molecule has 1 aromatic carbocycles. The van der Waals surface area contributed by atoms with Crippen LogP contribution in [0.4, 0.5) is 4.39 Å². The molecule has 1 fully saturated rings. The zero-order valence-electron chi connectivity index (χ0n) is 10.3. The van der Waals surface area contributed by atoms with Crippen LogP contribution in [-0.2, 0) is 4.57 Å². The van der Waals surface area contributed by atoms with Crippen LogP contribution in [0.2, 0.25) is 0 Å². The van der Waals surface area contributed by atoms with Crippen molar-refractivity contribution in [3.8, 4) is 0 Å². The molecule has 100 valence electrons. The first-order valence-electron chi connectivity index (χ1n) is 6.21. The fraction of sp³-hybridized carbons (Fsp3) is 0.538. The van der Waals surface area contributed by atoms with Gasteiger partial charge in [0, 0.05) is 5.92 Å². The third kappa shape index (κ3) is 2.66. The van der Waals surface area contributed by atoms with E-state index in [0.29, 0.717) is 18.4 Å². The molecule has 1 aliphatic carbocycles. The van der Waals surface area contributed by atoms with Gasteiger partial charge in [-0.25, -0.2) is 4.39 Å². The van der Waals surface area contributed by atoms with Crippen molar-refractivity contribution in [1.82, 2.24) is 0 Å². The summed E-state index contributed by atoms with van der Waals surface area (Å²) in [4.78, 5) is 18.8. The molecule has 2 atom stereocenters. The van der Waals surface area contributed by atoms with Crippen LogP contribution in [0.5, 0.6) is 0 Å². The Bertz CT molecular complexity index is 483. The zero-order chi connectivity index (χ0) is 13.3. The summed E-state index contributed by atoms with van der Waals surface area (Å²) in [5.74, 6) is -0.373. The lowest BCUT2D eigenvalue weighted by Gasteiger charge is -2.29. The van der Waals surface area contributed by atoms with Crippen LogP contribution in [0.25, 0.3) is 0 Å². The molecule has 2 unspecified atom stereocenters. The normalized spacial score (nSPS) is 25.1. The summed E-state index contributed by atoms with van der Waals surface area (Å²) >= 11 is 0. The second kappa shape index (κ2) is 5.12. The Hall–Kier alpha value is -0.700. The fourth-order valence-electron chi connectivity index (χ4n) is 2.81. The van der Waals surface area contributed by atoms with Gasteiger partial charge in [-0.3, -0.25) is 4.57 Å². The van der Waals surface area contributed by atoms with Gasteiger partial charge in [-0.15, -0.1) is 0 Å². The smallest absolute Gasteiger partial charge is 0.321 e. The van der Waals surface area contributed by atoms with Crippen molar-refractivity contribution in [2.24, 2.45) is 0 Å². The minimum atomic E-state index is -4.34. The Labute approximate surface area is 106 Å². The van der Waals surface area contributed by atoms with E-state index in [1.54, 1.807) is 19.1 Å². The summed E-state index contributed by atoms with van der Waals surface area (Å²) in [6.45, 7) is 1.79. The van der Waals surface area contributed by atoms with E-state index in [9.17, 15) is 18.7 Å². The van der Waals surface area contributed by atoms with E-state index in [1.165, 1.54) is 6.07 Å². The molecule has 0 heterocycles. The van der Waals surface area contributed by atoms with Gasteiger partial charge in [0.15, 0.2) is 0 Å². The van der Waals surface area contributed by atoms with Crippen LogP contribution in [-0.4, -0.2) is 16.0 Å². The first kappa shape index (κ1) is 13.7. The molecule has 0 amide bonds. The number of benzene rings is 1. The van der Waals surface area contributed by atoms with Gasteiger partial charge in [0.1, 0.15) is 6.17 Å². The molecule has 0 spiro atoms. The van der Waals surface area contributed by atoms with Gasteiger partial charge in [-0.05, 0) is 37.0 Å². The number of rotatable bonds is 2. The van der Waals surface area contributed by atoms with Crippen molar-refractivity contribution in [3.05, 3.63) is 29.3 Å². The molecule has 0 saturated heterocycles. The van der Waals surface area contributed by atoms with Gasteiger partial charge < -0.3 is 9.79 Å². The van der Waals surface area contributed by atoms with Gasteiger partial charge in [0.2, 0.25) is 0 Å². The Morgan fingerprint density at radius 1 is 1.28 bits per heavy atom. The maximum atomic E-state index is 14.0. The second-order valence-corrected chi connectivity index (χ2v) is 6.53. The van der Waals surface area contributed by atoms with Crippen LogP contribution >= 0.6 is 7.60 Å². The molecule has 3 nitrogen and oxygen atoms in total. The van der Waals surface area contributed by atoms with E-state index in [-0.39, 0.29) is 11.2 Å². The quantitative estimate of drug-likeness (QED) is 0.814. The third-order valence-corrected chi connectivity index (χ3v) is 4.68. The number of aryl methyl sites for hydroxylation is 1. The van der Waals surface area contributed by atoms with Gasteiger partial charge in [-0.1, -0.05) is 25.0 Å². The molecule has 1 aliphatic rings. The van der Waals surface area contributed by atoms with Crippen molar-refractivity contribution in [2.75, 3.05) is 0 Å². The van der Waals surface area contributed by atoms with E-state index in [2.05, 4.69) is 0 Å². The lowest BCUT2D eigenvalue weighted by atomic mass is 9.81. The molecule has 1 saturated carbocycles. The highest BCUT2D eigenvalue weighted by Crippen LogP contribution is 2.42. The zero-order valence-corrected chi connectivity index (χ0v) is 11.2. The topological polar surface area (TPSA) is 57.5 Å². The lowest BCUT2D eigenvalue weighted by Crippen LogP contribution is -2.25. The van der Waals surface area contributed by atoms with Crippen LogP contribution < -0.4 is 5.30 Å². The Kier molecular flexibility index (Phi) is 3.90. The van der Waals surface area contributed by atoms with Crippen LogP contribution in [0.15, 0.2) is 18.2 Å².